The summed E-state index contributed by atoms with van der Waals surface area (Å²) in [5.74, 6) is 1.30. The largest absolute Gasteiger partial charge is 0.309 e. The van der Waals surface area contributed by atoms with Gasteiger partial charge in [0.05, 0.1) is 0 Å². The molecule has 0 aliphatic heterocycles. The molecule has 1 rings (SSSR count). The van der Waals surface area contributed by atoms with Gasteiger partial charge in [0, 0.05) is 23.9 Å². The maximum Gasteiger partial charge on any atom is 0.127 e. The third-order valence-corrected chi connectivity index (χ3v) is 3.36. The molecule has 1 aromatic rings. The molecule has 0 fully saturated rings. The van der Waals surface area contributed by atoms with E-state index in [1.54, 1.807) is 0 Å². The maximum atomic E-state index is 13.3. The Bertz CT molecular complexity index is 331. The van der Waals surface area contributed by atoms with Crippen LogP contribution in [0.1, 0.15) is 19.4 Å². The number of thioether (sulfide) groups is 1. The summed E-state index contributed by atoms with van der Waals surface area (Å²) in [6.07, 6.45) is 0. The lowest BCUT2D eigenvalue weighted by atomic mass is 10.2. The Labute approximate surface area is 99.6 Å². The van der Waals surface area contributed by atoms with Crippen molar-refractivity contribution in [3.63, 3.8) is 0 Å². The normalized spacial score (nSPS) is 12.8. The fraction of sp³-hybridized carbons (Fsp3) is 0.500. The van der Waals surface area contributed by atoms with Gasteiger partial charge in [0.2, 0.25) is 0 Å². The molecule has 0 heterocycles. The molecule has 4 heteroatoms. The molecule has 0 saturated carbocycles. The van der Waals surface area contributed by atoms with Crippen molar-refractivity contribution >= 4 is 11.8 Å². The van der Waals surface area contributed by atoms with Crippen molar-refractivity contribution < 1.29 is 8.78 Å². The molecule has 0 aromatic heterocycles. The van der Waals surface area contributed by atoms with Gasteiger partial charge in [0.1, 0.15) is 11.6 Å². The van der Waals surface area contributed by atoms with Crippen molar-refractivity contribution in [2.45, 2.75) is 26.4 Å². The molecule has 0 bridgehead atoms. The summed E-state index contributed by atoms with van der Waals surface area (Å²) >= 11 is 1.83. The minimum atomic E-state index is -0.395. The second-order valence-electron chi connectivity index (χ2n) is 3.68. The van der Waals surface area contributed by atoms with Crippen LogP contribution in [0.3, 0.4) is 0 Å². The second-order valence-corrected chi connectivity index (χ2v) is 5.00. The number of rotatable bonds is 6. The lowest BCUT2D eigenvalue weighted by molar-refractivity contribution is 0.546. The third kappa shape index (κ3) is 4.49. The molecule has 1 N–H and O–H groups in total. The minimum absolute atomic E-state index is 0.299. The summed E-state index contributed by atoms with van der Waals surface area (Å²) in [6.45, 7) is 4.51. The van der Waals surface area contributed by atoms with Gasteiger partial charge in [-0.1, -0.05) is 6.92 Å². The standard InChI is InChI=1S/C12H17F2NS/c1-3-16-8-9(2)15-7-10-6-11(13)4-5-12(10)14/h4-6,9,15H,3,7-8H2,1-2H3. The Balaban J connectivity index is 2.44. The van der Waals surface area contributed by atoms with Crippen molar-refractivity contribution in [3.8, 4) is 0 Å². The molecule has 1 atom stereocenters. The molecule has 0 saturated heterocycles. The lowest BCUT2D eigenvalue weighted by Gasteiger charge is -2.13. The zero-order valence-corrected chi connectivity index (χ0v) is 10.4. The first-order chi connectivity index (χ1) is 7.63. The fourth-order valence-corrected chi connectivity index (χ4v) is 2.02. The van der Waals surface area contributed by atoms with Crippen molar-refractivity contribution in [1.82, 2.24) is 5.32 Å². The molecular weight excluding hydrogens is 228 g/mol. The molecular formula is C12H17F2NS. The Kier molecular flexibility index (Phi) is 5.77. The van der Waals surface area contributed by atoms with Gasteiger partial charge in [0.25, 0.3) is 0 Å². The van der Waals surface area contributed by atoms with Crippen LogP contribution in [0.15, 0.2) is 18.2 Å². The molecule has 0 spiro atoms. The third-order valence-electron chi connectivity index (χ3n) is 2.22. The first kappa shape index (κ1) is 13.5. The van der Waals surface area contributed by atoms with E-state index in [2.05, 4.69) is 12.2 Å². The van der Waals surface area contributed by atoms with Crippen LogP contribution in [0, 0.1) is 11.6 Å². The van der Waals surface area contributed by atoms with E-state index in [1.165, 1.54) is 6.07 Å². The molecule has 0 amide bonds. The van der Waals surface area contributed by atoms with Crippen molar-refractivity contribution in [3.05, 3.63) is 35.4 Å². The Morgan fingerprint density at radius 2 is 2.12 bits per heavy atom. The van der Waals surface area contributed by atoms with Crippen LogP contribution in [0.4, 0.5) is 8.78 Å². The molecule has 1 nitrogen and oxygen atoms in total. The van der Waals surface area contributed by atoms with Gasteiger partial charge in [-0.15, -0.1) is 0 Å². The van der Waals surface area contributed by atoms with Gasteiger partial charge in [-0.2, -0.15) is 11.8 Å². The summed E-state index contributed by atoms with van der Waals surface area (Å²) in [4.78, 5) is 0. The van der Waals surface area contributed by atoms with Crippen LogP contribution < -0.4 is 5.32 Å². The van der Waals surface area contributed by atoms with Gasteiger partial charge in [0.15, 0.2) is 0 Å². The molecule has 1 unspecified atom stereocenters. The number of benzene rings is 1. The van der Waals surface area contributed by atoms with Crippen LogP contribution in [0.2, 0.25) is 0 Å². The summed E-state index contributed by atoms with van der Waals surface area (Å²) in [7, 11) is 0. The molecule has 0 aliphatic carbocycles. The predicted octanol–water partition coefficient (Wildman–Crippen LogP) is 3.20. The van der Waals surface area contributed by atoms with E-state index in [1.807, 2.05) is 18.7 Å². The highest BCUT2D eigenvalue weighted by atomic mass is 32.2. The summed E-state index contributed by atoms with van der Waals surface area (Å²) in [5, 5.41) is 3.17. The molecule has 0 aliphatic rings. The molecule has 1 aromatic carbocycles. The van der Waals surface area contributed by atoms with Crippen LogP contribution in [-0.2, 0) is 6.54 Å². The van der Waals surface area contributed by atoms with Crippen molar-refractivity contribution in [2.24, 2.45) is 0 Å². The van der Waals surface area contributed by atoms with Gasteiger partial charge >= 0.3 is 0 Å². The van der Waals surface area contributed by atoms with E-state index >= 15 is 0 Å². The Morgan fingerprint density at radius 3 is 2.81 bits per heavy atom. The summed E-state index contributed by atoms with van der Waals surface area (Å²) in [6, 6.07) is 3.84. The Morgan fingerprint density at radius 1 is 1.38 bits per heavy atom. The number of hydrogen-bond acceptors (Lipinski definition) is 2. The topological polar surface area (TPSA) is 12.0 Å². The van der Waals surface area contributed by atoms with E-state index in [0.717, 1.165) is 23.6 Å². The van der Waals surface area contributed by atoms with Crippen LogP contribution in [0.5, 0.6) is 0 Å². The Hall–Kier alpha value is -0.610. The lowest BCUT2D eigenvalue weighted by Crippen LogP contribution is -2.28. The van der Waals surface area contributed by atoms with Crippen LogP contribution in [-0.4, -0.2) is 17.5 Å². The van der Waals surface area contributed by atoms with Gasteiger partial charge in [-0.05, 0) is 30.9 Å². The summed E-state index contributed by atoms with van der Waals surface area (Å²) < 4.78 is 26.1. The summed E-state index contributed by atoms with van der Waals surface area (Å²) in [5.41, 5.74) is 0.383. The quantitative estimate of drug-likeness (QED) is 0.826. The number of nitrogens with one attached hydrogen (secondary N) is 1. The van der Waals surface area contributed by atoms with Gasteiger partial charge in [-0.3, -0.25) is 0 Å². The minimum Gasteiger partial charge on any atom is -0.309 e. The first-order valence-electron chi connectivity index (χ1n) is 5.38. The van der Waals surface area contributed by atoms with E-state index in [9.17, 15) is 8.78 Å². The van der Waals surface area contributed by atoms with Gasteiger partial charge < -0.3 is 5.32 Å². The second kappa shape index (κ2) is 6.86. The van der Waals surface area contributed by atoms with E-state index < -0.39 is 5.82 Å². The van der Waals surface area contributed by atoms with E-state index in [0.29, 0.717) is 18.2 Å². The highest BCUT2D eigenvalue weighted by Crippen LogP contribution is 2.10. The van der Waals surface area contributed by atoms with Crippen LogP contribution in [0.25, 0.3) is 0 Å². The SMILES string of the molecule is CCSCC(C)NCc1cc(F)ccc1F. The molecule has 16 heavy (non-hydrogen) atoms. The zero-order chi connectivity index (χ0) is 12.0. The number of hydrogen-bond donors (Lipinski definition) is 1. The average molecular weight is 245 g/mol. The first-order valence-corrected chi connectivity index (χ1v) is 6.54. The number of halogens is 2. The van der Waals surface area contributed by atoms with E-state index in [-0.39, 0.29) is 5.82 Å². The fourth-order valence-electron chi connectivity index (χ4n) is 1.32. The highest BCUT2D eigenvalue weighted by molar-refractivity contribution is 7.99. The molecule has 90 valence electrons. The van der Waals surface area contributed by atoms with Crippen LogP contribution >= 0.6 is 11.8 Å². The van der Waals surface area contributed by atoms with Crippen molar-refractivity contribution in [2.75, 3.05) is 11.5 Å². The zero-order valence-electron chi connectivity index (χ0n) is 9.59. The van der Waals surface area contributed by atoms with Crippen molar-refractivity contribution in [1.29, 1.82) is 0 Å². The average Bonchev–Trinajstić information content (AvgIpc) is 2.27. The maximum absolute atomic E-state index is 13.3. The smallest absolute Gasteiger partial charge is 0.127 e. The monoisotopic (exact) mass is 245 g/mol. The van der Waals surface area contributed by atoms with Gasteiger partial charge in [-0.25, -0.2) is 8.78 Å². The molecule has 0 radical (unpaired) electrons. The predicted molar refractivity (Wildman–Crippen MR) is 65.7 cm³/mol. The highest BCUT2D eigenvalue weighted by Gasteiger charge is 2.06. The van der Waals surface area contributed by atoms with E-state index in [4.69, 9.17) is 0 Å².